The summed E-state index contributed by atoms with van der Waals surface area (Å²) in [6.07, 6.45) is -3.63. The summed E-state index contributed by atoms with van der Waals surface area (Å²) < 4.78 is 70.6. The van der Waals surface area contributed by atoms with Crippen LogP contribution in [0.15, 0.2) is 23.3 Å². The molecular formula is C14H8F5N3O2. The van der Waals surface area contributed by atoms with Gasteiger partial charge < -0.3 is 9.72 Å². The predicted molar refractivity (Wildman–Crippen MR) is 70.7 cm³/mol. The summed E-state index contributed by atoms with van der Waals surface area (Å²) >= 11 is 0. The van der Waals surface area contributed by atoms with Crippen LogP contribution in [-0.4, -0.2) is 16.4 Å². The number of H-pyrrole nitrogens is 1. The molecule has 0 saturated carbocycles. The van der Waals surface area contributed by atoms with Crippen molar-refractivity contribution in [2.24, 2.45) is 0 Å². The van der Waals surface area contributed by atoms with Gasteiger partial charge in [0.05, 0.1) is 18.0 Å². The topological polar surface area (TPSA) is 78.8 Å². The van der Waals surface area contributed by atoms with Crippen LogP contribution in [0, 0.1) is 24.1 Å². The van der Waals surface area contributed by atoms with E-state index in [1.165, 1.54) is 6.92 Å². The molecule has 1 N–H and O–H groups in total. The molecule has 1 aromatic carbocycles. The van der Waals surface area contributed by atoms with Crippen LogP contribution in [-0.2, 0) is 5.92 Å². The number of halogens is 5. The Bertz CT molecular complexity index is 874. The molecule has 24 heavy (non-hydrogen) atoms. The van der Waals surface area contributed by atoms with Crippen LogP contribution in [0.1, 0.15) is 16.8 Å². The van der Waals surface area contributed by atoms with Crippen molar-refractivity contribution in [2.75, 3.05) is 0 Å². The van der Waals surface area contributed by atoms with Gasteiger partial charge in [-0.05, 0) is 13.0 Å². The molecule has 1 aromatic heterocycles. The van der Waals surface area contributed by atoms with Crippen molar-refractivity contribution in [3.63, 3.8) is 0 Å². The van der Waals surface area contributed by atoms with Gasteiger partial charge in [-0.2, -0.15) is 14.0 Å². The summed E-state index contributed by atoms with van der Waals surface area (Å²) in [5.41, 5.74) is -2.99. The second-order valence-corrected chi connectivity index (χ2v) is 4.62. The van der Waals surface area contributed by atoms with Gasteiger partial charge in [0.1, 0.15) is 11.6 Å². The van der Waals surface area contributed by atoms with Crippen molar-refractivity contribution < 1.29 is 26.7 Å². The first kappa shape index (κ1) is 17.4. The van der Waals surface area contributed by atoms with E-state index in [0.29, 0.717) is 6.33 Å². The molecule has 2 rings (SSSR count). The number of nitriles is 1. The second kappa shape index (κ2) is 6.27. The molecule has 2 aromatic rings. The Balaban J connectivity index is 2.63. The van der Waals surface area contributed by atoms with E-state index in [4.69, 9.17) is 10.00 Å². The molecule has 1 heterocycles. The lowest BCUT2D eigenvalue weighted by Gasteiger charge is -2.18. The molecule has 126 valence electrons. The van der Waals surface area contributed by atoms with Gasteiger partial charge in [0, 0.05) is 11.6 Å². The van der Waals surface area contributed by atoms with E-state index in [2.05, 4.69) is 4.98 Å². The van der Waals surface area contributed by atoms with Crippen molar-refractivity contribution in [3.05, 3.63) is 51.5 Å². The first-order valence-electron chi connectivity index (χ1n) is 6.30. The summed E-state index contributed by atoms with van der Waals surface area (Å²) in [5.74, 6) is -7.35. The zero-order valence-corrected chi connectivity index (χ0v) is 11.9. The number of hydrogen-bond donors (Lipinski definition) is 1. The number of nitrogens with one attached hydrogen (secondary N) is 1. The average Bonchev–Trinajstić information content (AvgIpc) is 2.51. The number of alkyl halides is 4. The lowest BCUT2D eigenvalue weighted by atomic mass is 10.1. The first-order chi connectivity index (χ1) is 11.2. The van der Waals surface area contributed by atoms with Gasteiger partial charge >= 0.3 is 12.3 Å². The van der Waals surface area contributed by atoms with E-state index in [1.54, 1.807) is 6.07 Å². The second-order valence-electron chi connectivity index (χ2n) is 4.62. The summed E-state index contributed by atoms with van der Waals surface area (Å²) in [6, 6.07) is 3.24. The Hall–Kier alpha value is -2.96. The fraction of sp³-hybridized carbons (Fsp3) is 0.214. The van der Waals surface area contributed by atoms with Crippen LogP contribution in [0.25, 0.3) is 0 Å². The maximum absolute atomic E-state index is 13.6. The average molecular weight is 345 g/mol. The molecule has 0 unspecified atom stereocenters. The van der Waals surface area contributed by atoms with Crippen LogP contribution in [0.4, 0.5) is 22.0 Å². The Morgan fingerprint density at radius 3 is 2.62 bits per heavy atom. The quantitative estimate of drug-likeness (QED) is 0.863. The number of aromatic amines is 1. The van der Waals surface area contributed by atoms with Gasteiger partial charge in [0.25, 0.3) is 5.56 Å². The molecule has 0 fully saturated rings. The molecule has 5 nitrogen and oxygen atoms in total. The molecule has 0 saturated heterocycles. The van der Waals surface area contributed by atoms with E-state index in [9.17, 15) is 26.7 Å². The minimum atomic E-state index is -4.76. The Kier molecular flexibility index (Phi) is 4.54. The first-order valence-corrected chi connectivity index (χ1v) is 6.30. The van der Waals surface area contributed by atoms with Gasteiger partial charge in [-0.25, -0.2) is 18.2 Å². The van der Waals surface area contributed by atoms with E-state index in [1.807, 2.05) is 4.98 Å². The predicted octanol–water partition coefficient (Wildman–Crippen LogP) is 3.24. The molecule has 0 aliphatic carbocycles. The van der Waals surface area contributed by atoms with Gasteiger partial charge in [-0.3, -0.25) is 4.79 Å². The molecule has 0 spiro atoms. The number of rotatable bonds is 4. The minimum absolute atomic E-state index is 0.0356. The van der Waals surface area contributed by atoms with E-state index in [0.717, 1.165) is 12.1 Å². The van der Waals surface area contributed by atoms with Gasteiger partial charge in [-0.15, -0.1) is 0 Å². The van der Waals surface area contributed by atoms with Crippen LogP contribution < -0.4 is 10.3 Å². The number of benzene rings is 1. The molecule has 0 aliphatic heterocycles. The molecule has 0 radical (unpaired) electrons. The zero-order chi connectivity index (χ0) is 18.1. The highest BCUT2D eigenvalue weighted by molar-refractivity contribution is 5.48. The highest BCUT2D eigenvalue weighted by Gasteiger charge is 2.47. The van der Waals surface area contributed by atoms with E-state index < -0.39 is 40.9 Å². The van der Waals surface area contributed by atoms with Crippen LogP contribution in [0.2, 0.25) is 0 Å². The third-order valence-electron chi connectivity index (χ3n) is 3.06. The van der Waals surface area contributed by atoms with Crippen molar-refractivity contribution in [1.29, 1.82) is 5.26 Å². The largest absolute Gasteiger partial charge is 0.449 e. The van der Waals surface area contributed by atoms with Crippen LogP contribution >= 0.6 is 0 Å². The number of hydrogen-bond acceptors (Lipinski definition) is 4. The maximum Gasteiger partial charge on any atom is 0.352 e. The standard InChI is InChI=1S/C14H8F5N3O2/c1-6-7(4-20)2-8(15)3-9(6)24-10-11(14(18,19)13(16)17)21-5-22-12(10)23/h2-3,5,13H,1H3,(H,21,22,23). The maximum atomic E-state index is 13.6. The Morgan fingerprint density at radius 1 is 1.38 bits per heavy atom. The lowest BCUT2D eigenvalue weighted by Crippen LogP contribution is -2.28. The Labute approximate surface area is 131 Å². The lowest BCUT2D eigenvalue weighted by molar-refractivity contribution is -0.139. The normalized spacial score (nSPS) is 11.4. The van der Waals surface area contributed by atoms with Gasteiger partial charge in [0.15, 0.2) is 5.69 Å². The van der Waals surface area contributed by atoms with Crippen molar-refractivity contribution in [3.8, 4) is 17.6 Å². The third-order valence-corrected chi connectivity index (χ3v) is 3.06. The molecule has 10 heteroatoms. The number of aromatic nitrogens is 2. The van der Waals surface area contributed by atoms with Crippen LogP contribution in [0.5, 0.6) is 11.5 Å². The Morgan fingerprint density at radius 2 is 2.04 bits per heavy atom. The molecule has 0 amide bonds. The van der Waals surface area contributed by atoms with Crippen molar-refractivity contribution in [2.45, 2.75) is 19.3 Å². The zero-order valence-electron chi connectivity index (χ0n) is 11.9. The molecule has 0 atom stereocenters. The monoisotopic (exact) mass is 345 g/mol. The summed E-state index contributed by atoms with van der Waals surface area (Å²) in [6.45, 7) is 1.31. The van der Waals surface area contributed by atoms with Gasteiger partial charge in [-0.1, -0.05) is 0 Å². The molecular weight excluding hydrogens is 337 g/mol. The fourth-order valence-electron chi connectivity index (χ4n) is 1.81. The van der Waals surface area contributed by atoms with Crippen molar-refractivity contribution in [1.82, 2.24) is 9.97 Å². The highest BCUT2D eigenvalue weighted by atomic mass is 19.3. The number of nitrogens with zero attached hydrogens (tertiary/aromatic N) is 2. The van der Waals surface area contributed by atoms with Crippen molar-refractivity contribution >= 4 is 0 Å². The molecule has 0 bridgehead atoms. The fourth-order valence-corrected chi connectivity index (χ4v) is 1.81. The summed E-state index contributed by atoms with van der Waals surface area (Å²) in [4.78, 5) is 16.7. The van der Waals surface area contributed by atoms with E-state index in [-0.39, 0.29) is 11.1 Å². The smallest absolute Gasteiger partial charge is 0.352 e. The van der Waals surface area contributed by atoms with Crippen LogP contribution in [0.3, 0.4) is 0 Å². The SMILES string of the molecule is Cc1c(C#N)cc(F)cc1Oc1c(C(F)(F)C(F)F)nc[nH]c1=O. The molecule has 0 aliphatic rings. The highest BCUT2D eigenvalue weighted by Crippen LogP contribution is 2.38. The number of ether oxygens (including phenoxy) is 1. The summed E-state index contributed by atoms with van der Waals surface area (Å²) in [5, 5.41) is 8.87. The van der Waals surface area contributed by atoms with E-state index >= 15 is 0 Å². The van der Waals surface area contributed by atoms with Gasteiger partial charge in [0.2, 0.25) is 5.75 Å². The minimum Gasteiger partial charge on any atom is -0.449 e. The summed E-state index contributed by atoms with van der Waals surface area (Å²) in [7, 11) is 0. The third kappa shape index (κ3) is 3.05.